The maximum Gasteiger partial charge on any atom is 0.287 e. The molecule has 3 aromatic heterocycles. The molecule has 7 heteroatoms. The Balaban J connectivity index is 1.36. The maximum atomic E-state index is 12.4. The van der Waals surface area contributed by atoms with E-state index in [9.17, 15) is 4.79 Å². The molecule has 1 amide bonds. The van der Waals surface area contributed by atoms with E-state index in [-0.39, 0.29) is 11.7 Å². The van der Waals surface area contributed by atoms with E-state index in [1.165, 1.54) is 0 Å². The molecule has 0 radical (unpaired) electrons. The highest BCUT2D eigenvalue weighted by atomic mass is 32.1. The average Bonchev–Trinajstić information content (AvgIpc) is 3.42. The van der Waals surface area contributed by atoms with Gasteiger partial charge in [-0.15, -0.1) is 11.3 Å². The van der Waals surface area contributed by atoms with Gasteiger partial charge in [0.05, 0.1) is 24.5 Å². The third-order valence-corrected chi connectivity index (χ3v) is 5.24. The Hall–Kier alpha value is -3.19. The van der Waals surface area contributed by atoms with Crippen LogP contribution in [0.15, 0.2) is 58.3 Å². The monoisotopic (exact) mass is 392 g/mol. The number of nitrogens with zero attached hydrogens (tertiary/aromatic N) is 3. The lowest BCUT2D eigenvalue weighted by atomic mass is 10.2. The van der Waals surface area contributed by atoms with Crippen molar-refractivity contribution in [1.29, 1.82) is 0 Å². The van der Waals surface area contributed by atoms with Gasteiger partial charge in [0.1, 0.15) is 10.8 Å². The zero-order valence-corrected chi connectivity index (χ0v) is 16.5. The van der Waals surface area contributed by atoms with Crippen molar-refractivity contribution in [3.63, 3.8) is 0 Å². The highest BCUT2D eigenvalue weighted by molar-refractivity contribution is 7.13. The maximum absolute atomic E-state index is 12.4. The second-order valence-electron chi connectivity index (χ2n) is 6.54. The van der Waals surface area contributed by atoms with Crippen LogP contribution in [0.25, 0.3) is 10.6 Å². The highest BCUT2D eigenvalue weighted by Crippen LogP contribution is 2.23. The fourth-order valence-corrected chi connectivity index (χ4v) is 3.75. The summed E-state index contributed by atoms with van der Waals surface area (Å²) >= 11 is 1.56. The quantitative estimate of drug-likeness (QED) is 0.534. The minimum Gasteiger partial charge on any atom is -0.454 e. The summed E-state index contributed by atoms with van der Waals surface area (Å²) in [6, 6.07) is 15.5. The molecule has 4 rings (SSSR count). The molecule has 0 spiro atoms. The SMILES string of the molecule is Cc1cc(C)n(Cc2ccc(C(=O)NCc3csc(-c4ccccc4)n3)o2)n1. The number of carbonyl (C=O) groups is 1. The molecule has 0 saturated carbocycles. The standard InChI is InChI=1S/C21H20N4O2S/c1-14-10-15(2)25(24-14)12-18-8-9-19(27-18)20(26)22-11-17-13-28-21(23-17)16-6-4-3-5-7-16/h3-10,13H,11-12H2,1-2H3,(H,22,26). The van der Waals surface area contributed by atoms with Gasteiger partial charge in [-0.2, -0.15) is 5.10 Å². The van der Waals surface area contributed by atoms with Gasteiger partial charge in [-0.3, -0.25) is 9.48 Å². The molecular formula is C21H20N4O2S. The van der Waals surface area contributed by atoms with Gasteiger partial charge in [0.25, 0.3) is 5.91 Å². The summed E-state index contributed by atoms with van der Waals surface area (Å²) in [6.07, 6.45) is 0. The van der Waals surface area contributed by atoms with Crippen LogP contribution in [0, 0.1) is 13.8 Å². The van der Waals surface area contributed by atoms with Crippen LogP contribution < -0.4 is 5.32 Å². The van der Waals surface area contributed by atoms with Crippen LogP contribution in [-0.4, -0.2) is 20.7 Å². The number of furan rings is 1. The number of rotatable bonds is 6. The number of hydrogen-bond donors (Lipinski definition) is 1. The smallest absolute Gasteiger partial charge is 0.287 e. The van der Waals surface area contributed by atoms with Gasteiger partial charge in [-0.05, 0) is 32.0 Å². The molecule has 0 aliphatic carbocycles. The lowest BCUT2D eigenvalue weighted by Crippen LogP contribution is -2.22. The van der Waals surface area contributed by atoms with E-state index in [0.717, 1.165) is 27.7 Å². The van der Waals surface area contributed by atoms with Gasteiger partial charge in [0.2, 0.25) is 0 Å². The normalized spacial score (nSPS) is 10.9. The summed E-state index contributed by atoms with van der Waals surface area (Å²) < 4.78 is 7.54. The molecular weight excluding hydrogens is 372 g/mol. The van der Waals surface area contributed by atoms with E-state index in [4.69, 9.17) is 4.42 Å². The third-order valence-electron chi connectivity index (χ3n) is 4.30. The fourth-order valence-electron chi connectivity index (χ4n) is 2.93. The Morgan fingerprint density at radius 1 is 1.18 bits per heavy atom. The topological polar surface area (TPSA) is 73.0 Å². The summed E-state index contributed by atoms with van der Waals surface area (Å²) in [5.41, 5.74) is 3.91. The van der Waals surface area contributed by atoms with E-state index in [1.54, 1.807) is 17.4 Å². The largest absolute Gasteiger partial charge is 0.454 e. The van der Waals surface area contributed by atoms with Crippen LogP contribution in [0.4, 0.5) is 0 Å². The second-order valence-corrected chi connectivity index (χ2v) is 7.40. The average molecular weight is 392 g/mol. The first kappa shape index (κ1) is 18.2. The van der Waals surface area contributed by atoms with E-state index >= 15 is 0 Å². The summed E-state index contributed by atoms with van der Waals surface area (Å²) in [5.74, 6) is 0.722. The van der Waals surface area contributed by atoms with Crippen molar-refractivity contribution in [2.45, 2.75) is 26.9 Å². The van der Waals surface area contributed by atoms with Gasteiger partial charge >= 0.3 is 0 Å². The summed E-state index contributed by atoms with van der Waals surface area (Å²) in [6.45, 7) is 4.80. The van der Waals surface area contributed by atoms with Crippen LogP contribution in [0.3, 0.4) is 0 Å². The van der Waals surface area contributed by atoms with Crippen LogP contribution >= 0.6 is 11.3 Å². The molecule has 0 fully saturated rings. The van der Waals surface area contributed by atoms with Crippen LogP contribution in [-0.2, 0) is 13.1 Å². The highest BCUT2D eigenvalue weighted by Gasteiger charge is 2.13. The Bertz CT molecular complexity index is 1090. The van der Waals surface area contributed by atoms with Crippen molar-refractivity contribution in [3.05, 3.63) is 82.5 Å². The zero-order chi connectivity index (χ0) is 19.5. The first-order chi connectivity index (χ1) is 13.6. The summed E-state index contributed by atoms with van der Waals surface area (Å²) in [5, 5.41) is 10.2. The molecule has 0 unspecified atom stereocenters. The van der Waals surface area contributed by atoms with E-state index in [2.05, 4.69) is 15.4 Å². The molecule has 1 N–H and O–H groups in total. The van der Waals surface area contributed by atoms with Crippen molar-refractivity contribution in [2.24, 2.45) is 0 Å². The van der Waals surface area contributed by atoms with Crippen LogP contribution in [0.2, 0.25) is 0 Å². The second kappa shape index (κ2) is 7.82. The fraction of sp³-hybridized carbons (Fsp3) is 0.190. The third kappa shape index (κ3) is 4.04. The molecule has 142 valence electrons. The van der Waals surface area contributed by atoms with Gasteiger partial charge in [-0.1, -0.05) is 30.3 Å². The number of hydrogen-bond acceptors (Lipinski definition) is 5. The number of thiazole rings is 1. The molecule has 28 heavy (non-hydrogen) atoms. The van der Waals surface area contributed by atoms with Gasteiger partial charge < -0.3 is 9.73 Å². The minimum atomic E-state index is -0.256. The Morgan fingerprint density at radius 2 is 2.00 bits per heavy atom. The predicted octanol–water partition coefficient (Wildman–Crippen LogP) is 4.19. The molecule has 0 atom stereocenters. The van der Waals surface area contributed by atoms with E-state index in [0.29, 0.717) is 18.8 Å². The van der Waals surface area contributed by atoms with Crippen LogP contribution in [0.1, 0.15) is 33.4 Å². The van der Waals surface area contributed by atoms with Crippen LogP contribution in [0.5, 0.6) is 0 Å². The number of aryl methyl sites for hydroxylation is 2. The predicted molar refractivity (Wildman–Crippen MR) is 108 cm³/mol. The van der Waals surface area contributed by atoms with Crippen molar-refractivity contribution in [2.75, 3.05) is 0 Å². The number of aromatic nitrogens is 3. The number of carbonyl (C=O) groups excluding carboxylic acids is 1. The summed E-state index contributed by atoms with van der Waals surface area (Å²) in [4.78, 5) is 17.0. The van der Waals surface area contributed by atoms with Gasteiger partial charge in [0, 0.05) is 16.6 Å². The summed E-state index contributed by atoms with van der Waals surface area (Å²) in [7, 11) is 0. The molecule has 0 bridgehead atoms. The molecule has 4 aromatic rings. The van der Waals surface area contributed by atoms with Crippen molar-refractivity contribution in [1.82, 2.24) is 20.1 Å². The zero-order valence-electron chi connectivity index (χ0n) is 15.7. The molecule has 0 aliphatic heterocycles. The number of benzene rings is 1. The Kier molecular flexibility index (Phi) is 5.08. The number of nitrogens with one attached hydrogen (secondary N) is 1. The van der Waals surface area contributed by atoms with E-state index in [1.807, 2.05) is 66.4 Å². The molecule has 0 saturated heterocycles. The van der Waals surface area contributed by atoms with Gasteiger partial charge in [0.15, 0.2) is 5.76 Å². The lowest BCUT2D eigenvalue weighted by Gasteiger charge is -2.02. The molecule has 0 aliphatic rings. The Labute approximate surface area is 166 Å². The first-order valence-electron chi connectivity index (χ1n) is 8.96. The molecule has 1 aromatic carbocycles. The molecule has 6 nitrogen and oxygen atoms in total. The molecule has 3 heterocycles. The van der Waals surface area contributed by atoms with E-state index < -0.39 is 0 Å². The van der Waals surface area contributed by atoms with Crippen molar-refractivity contribution in [3.8, 4) is 10.6 Å². The Morgan fingerprint density at radius 3 is 2.75 bits per heavy atom. The first-order valence-corrected chi connectivity index (χ1v) is 9.84. The minimum absolute atomic E-state index is 0.256. The van der Waals surface area contributed by atoms with Crippen molar-refractivity contribution >= 4 is 17.2 Å². The number of amides is 1. The lowest BCUT2D eigenvalue weighted by molar-refractivity contribution is 0.0920. The van der Waals surface area contributed by atoms with Gasteiger partial charge in [-0.25, -0.2) is 4.98 Å². The van der Waals surface area contributed by atoms with Crippen molar-refractivity contribution < 1.29 is 9.21 Å².